The van der Waals surface area contributed by atoms with Crippen LogP contribution in [-0.4, -0.2) is 30.2 Å². The Morgan fingerprint density at radius 3 is 2.81 bits per heavy atom. The largest absolute Gasteiger partial charge is 0.486 e. The molecule has 0 saturated heterocycles. The zero-order chi connectivity index (χ0) is 14.8. The van der Waals surface area contributed by atoms with E-state index in [1.54, 1.807) is 29.6 Å². The molecule has 0 saturated carbocycles. The predicted octanol–water partition coefficient (Wildman–Crippen LogP) is 2.47. The van der Waals surface area contributed by atoms with Gasteiger partial charge >= 0.3 is 5.97 Å². The van der Waals surface area contributed by atoms with Gasteiger partial charge in [-0.2, -0.15) is 0 Å². The summed E-state index contributed by atoms with van der Waals surface area (Å²) in [6.45, 7) is 0.807. The molecule has 6 nitrogen and oxygen atoms in total. The lowest BCUT2D eigenvalue weighted by molar-refractivity contribution is 0.0703. The van der Waals surface area contributed by atoms with Crippen LogP contribution in [0.3, 0.4) is 0 Å². The number of anilines is 1. The van der Waals surface area contributed by atoms with Crippen molar-refractivity contribution < 1.29 is 24.2 Å². The molecule has 0 radical (unpaired) electrons. The van der Waals surface area contributed by atoms with Crippen LogP contribution in [-0.2, 0) is 0 Å². The van der Waals surface area contributed by atoms with E-state index in [2.05, 4.69) is 5.32 Å². The number of ether oxygens (including phenoxy) is 2. The molecule has 0 fully saturated rings. The number of fused-ring (bicyclic) bond motifs is 1. The minimum Gasteiger partial charge on any atom is -0.486 e. The number of carbonyl (C=O) groups excluding carboxylic acids is 1. The molecule has 0 spiro atoms. The number of carboxylic acid groups (broad SMARTS) is 1. The van der Waals surface area contributed by atoms with Crippen LogP contribution in [0.5, 0.6) is 11.5 Å². The highest BCUT2D eigenvalue weighted by atomic mass is 32.1. The summed E-state index contributed by atoms with van der Waals surface area (Å²) in [6.07, 6.45) is 0. The van der Waals surface area contributed by atoms with Crippen molar-refractivity contribution in [2.45, 2.75) is 0 Å². The van der Waals surface area contributed by atoms with Crippen molar-refractivity contribution in [2.75, 3.05) is 18.5 Å². The molecule has 0 unspecified atom stereocenters. The van der Waals surface area contributed by atoms with E-state index in [0.29, 0.717) is 30.3 Å². The summed E-state index contributed by atoms with van der Waals surface area (Å²) in [5.41, 5.74) is 0.585. The van der Waals surface area contributed by atoms with Crippen molar-refractivity contribution in [2.24, 2.45) is 0 Å². The number of carbonyl (C=O) groups is 2. The maximum atomic E-state index is 12.3. The number of carboxylic acids is 1. The lowest BCUT2D eigenvalue weighted by Crippen LogP contribution is -2.20. The molecule has 7 heteroatoms. The third kappa shape index (κ3) is 2.55. The number of aromatic carboxylic acids is 1. The zero-order valence-electron chi connectivity index (χ0n) is 10.8. The second-order valence-corrected chi connectivity index (χ2v) is 5.17. The number of benzene rings is 1. The predicted molar refractivity (Wildman–Crippen MR) is 76.7 cm³/mol. The summed E-state index contributed by atoms with van der Waals surface area (Å²) in [6, 6.07) is 6.57. The van der Waals surface area contributed by atoms with Gasteiger partial charge in [0, 0.05) is 0 Å². The van der Waals surface area contributed by atoms with E-state index >= 15 is 0 Å². The number of amides is 1. The van der Waals surface area contributed by atoms with Gasteiger partial charge in [-0.3, -0.25) is 4.79 Å². The average molecular weight is 305 g/mol. The molecule has 0 atom stereocenters. The van der Waals surface area contributed by atoms with Crippen LogP contribution in [0.1, 0.15) is 20.0 Å². The van der Waals surface area contributed by atoms with Crippen molar-refractivity contribution in [3.05, 3.63) is 40.1 Å². The minimum absolute atomic E-state index is 0.0883. The van der Waals surface area contributed by atoms with Crippen molar-refractivity contribution in [3.63, 3.8) is 0 Å². The van der Waals surface area contributed by atoms with Gasteiger partial charge in [0.2, 0.25) is 0 Å². The van der Waals surface area contributed by atoms with Crippen LogP contribution in [0.15, 0.2) is 29.6 Å². The molecule has 1 amide bonds. The quantitative estimate of drug-likeness (QED) is 0.910. The topological polar surface area (TPSA) is 84.9 Å². The Bertz CT molecular complexity index is 709. The first-order chi connectivity index (χ1) is 10.2. The fourth-order valence-electron chi connectivity index (χ4n) is 2.02. The fourth-order valence-corrected chi connectivity index (χ4v) is 2.70. The molecule has 2 heterocycles. The lowest BCUT2D eigenvalue weighted by Gasteiger charge is -2.20. The zero-order valence-corrected chi connectivity index (χ0v) is 11.6. The van der Waals surface area contributed by atoms with Crippen LogP contribution in [0, 0.1) is 0 Å². The molecule has 0 aliphatic carbocycles. The van der Waals surface area contributed by atoms with E-state index in [1.165, 1.54) is 0 Å². The molecule has 1 aliphatic rings. The normalized spacial score (nSPS) is 12.8. The van der Waals surface area contributed by atoms with Crippen LogP contribution >= 0.6 is 11.3 Å². The molecular formula is C14H11NO5S. The number of thiophene rings is 1. The van der Waals surface area contributed by atoms with E-state index < -0.39 is 11.9 Å². The third-order valence-corrected chi connectivity index (χ3v) is 3.82. The first-order valence-corrected chi connectivity index (χ1v) is 7.05. The smallest absolute Gasteiger partial charge is 0.348 e. The van der Waals surface area contributed by atoms with Gasteiger partial charge in [0.25, 0.3) is 5.91 Å². The van der Waals surface area contributed by atoms with Crippen molar-refractivity contribution in [3.8, 4) is 11.5 Å². The second kappa shape index (κ2) is 5.45. The Hall–Kier alpha value is -2.54. The minimum atomic E-state index is -1.07. The second-order valence-electron chi connectivity index (χ2n) is 4.25. The lowest BCUT2D eigenvalue weighted by atomic mass is 10.1. The van der Waals surface area contributed by atoms with E-state index in [4.69, 9.17) is 14.6 Å². The summed E-state index contributed by atoms with van der Waals surface area (Å²) >= 11 is 1.05. The van der Waals surface area contributed by atoms with Gasteiger partial charge < -0.3 is 19.9 Å². The average Bonchev–Trinajstić information content (AvgIpc) is 2.95. The van der Waals surface area contributed by atoms with E-state index in [0.717, 1.165) is 11.3 Å². The van der Waals surface area contributed by atoms with Gasteiger partial charge in [-0.25, -0.2) is 4.79 Å². The van der Waals surface area contributed by atoms with Crippen LogP contribution < -0.4 is 14.8 Å². The summed E-state index contributed by atoms with van der Waals surface area (Å²) in [5, 5.41) is 13.2. The van der Waals surface area contributed by atoms with Gasteiger partial charge in [-0.05, 0) is 23.6 Å². The third-order valence-electron chi connectivity index (χ3n) is 2.92. The van der Waals surface area contributed by atoms with Gasteiger partial charge in [-0.1, -0.05) is 6.07 Å². The SMILES string of the molecule is O=C(Nc1ccsc1C(=O)O)c1cccc2c1OCCO2. The maximum absolute atomic E-state index is 12.3. The fraction of sp³-hybridized carbons (Fsp3) is 0.143. The molecule has 1 aromatic carbocycles. The standard InChI is InChI=1S/C14H11NO5S/c16-13(15-9-4-7-21-12(9)14(17)18)8-2-1-3-10-11(8)20-6-5-19-10/h1-4,7H,5-6H2,(H,15,16)(H,17,18). The van der Waals surface area contributed by atoms with Crippen LogP contribution in [0.25, 0.3) is 0 Å². The van der Waals surface area contributed by atoms with Crippen LogP contribution in [0.2, 0.25) is 0 Å². The highest BCUT2D eigenvalue weighted by Crippen LogP contribution is 2.34. The monoisotopic (exact) mass is 305 g/mol. The number of hydrogen-bond donors (Lipinski definition) is 2. The number of hydrogen-bond acceptors (Lipinski definition) is 5. The summed E-state index contributed by atoms with van der Waals surface area (Å²) in [5.74, 6) is -0.612. The molecule has 2 aromatic rings. The molecular weight excluding hydrogens is 294 g/mol. The molecule has 21 heavy (non-hydrogen) atoms. The molecule has 0 bridgehead atoms. The Kier molecular flexibility index (Phi) is 3.49. The highest BCUT2D eigenvalue weighted by Gasteiger charge is 2.22. The molecule has 1 aliphatic heterocycles. The first kappa shape index (κ1) is 13.4. The Labute approximate surface area is 123 Å². The van der Waals surface area contributed by atoms with E-state index in [9.17, 15) is 9.59 Å². The van der Waals surface area contributed by atoms with Crippen LogP contribution in [0.4, 0.5) is 5.69 Å². The summed E-state index contributed by atoms with van der Waals surface area (Å²) in [7, 11) is 0. The molecule has 108 valence electrons. The van der Waals surface area contributed by atoms with Gasteiger partial charge in [0.05, 0.1) is 11.3 Å². The Morgan fingerprint density at radius 1 is 1.19 bits per heavy atom. The number of rotatable bonds is 3. The summed E-state index contributed by atoms with van der Waals surface area (Å²) in [4.78, 5) is 23.5. The first-order valence-electron chi connectivity index (χ1n) is 6.17. The molecule has 3 rings (SSSR count). The summed E-state index contributed by atoms with van der Waals surface area (Å²) < 4.78 is 10.9. The van der Waals surface area contributed by atoms with Gasteiger partial charge in [0.15, 0.2) is 11.5 Å². The number of para-hydroxylation sites is 1. The van der Waals surface area contributed by atoms with Crippen molar-refractivity contribution >= 4 is 28.9 Å². The van der Waals surface area contributed by atoms with Crippen molar-refractivity contribution in [1.29, 1.82) is 0 Å². The van der Waals surface area contributed by atoms with Crippen molar-refractivity contribution in [1.82, 2.24) is 0 Å². The van der Waals surface area contributed by atoms with E-state index in [1.807, 2.05) is 0 Å². The Balaban J connectivity index is 1.89. The van der Waals surface area contributed by atoms with Gasteiger partial charge in [0.1, 0.15) is 18.1 Å². The van der Waals surface area contributed by atoms with E-state index in [-0.39, 0.29) is 10.6 Å². The number of nitrogens with one attached hydrogen (secondary N) is 1. The Morgan fingerprint density at radius 2 is 2.00 bits per heavy atom. The van der Waals surface area contributed by atoms with Gasteiger partial charge in [-0.15, -0.1) is 11.3 Å². The molecule has 2 N–H and O–H groups in total. The maximum Gasteiger partial charge on any atom is 0.348 e. The highest BCUT2D eigenvalue weighted by molar-refractivity contribution is 7.12. The molecule has 1 aromatic heterocycles.